The first-order valence-corrected chi connectivity index (χ1v) is 3.72. The van der Waals surface area contributed by atoms with Gasteiger partial charge < -0.3 is 0 Å². The van der Waals surface area contributed by atoms with Gasteiger partial charge >= 0.3 is 0 Å². The Hall–Kier alpha value is -1.08. The van der Waals surface area contributed by atoms with Gasteiger partial charge in [0.2, 0.25) is 0 Å². The van der Waals surface area contributed by atoms with Crippen LogP contribution in [-0.4, -0.2) is 27.2 Å². The van der Waals surface area contributed by atoms with Gasteiger partial charge in [0, 0.05) is 13.5 Å². The Labute approximate surface area is 73.9 Å². The van der Waals surface area contributed by atoms with E-state index in [0.29, 0.717) is 5.82 Å². The Morgan fingerprint density at radius 1 is 1.69 bits per heavy atom. The molecule has 74 valence electrons. The minimum Gasteiger partial charge on any atom is -0.271 e. The second kappa shape index (κ2) is 4.24. The lowest BCUT2D eigenvalue weighted by Crippen LogP contribution is -2.42. The van der Waals surface area contributed by atoms with E-state index in [1.807, 2.05) is 5.43 Å². The molecule has 1 heterocycles. The maximum absolute atomic E-state index is 12.2. The lowest BCUT2D eigenvalue weighted by molar-refractivity contribution is 0.0971. The summed E-state index contributed by atoms with van der Waals surface area (Å²) in [4.78, 5) is 3.81. The third kappa shape index (κ3) is 2.43. The Bertz CT molecular complexity index is 261. The zero-order valence-corrected chi connectivity index (χ0v) is 7.11. The molecule has 1 unspecified atom stereocenters. The molecule has 5 nitrogen and oxygen atoms in total. The minimum absolute atomic E-state index is 0.0602. The van der Waals surface area contributed by atoms with Crippen molar-refractivity contribution in [2.75, 3.05) is 0 Å². The topological polar surface area (TPSA) is 68.8 Å². The van der Waals surface area contributed by atoms with Crippen molar-refractivity contribution in [3.8, 4) is 0 Å². The van der Waals surface area contributed by atoms with Crippen LogP contribution in [0.2, 0.25) is 0 Å². The van der Waals surface area contributed by atoms with Crippen molar-refractivity contribution >= 4 is 0 Å². The van der Waals surface area contributed by atoms with Crippen molar-refractivity contribution in [3.63, 3.8) is 0 Å². The molecule has 1 aromatic heterocycles. The predicted molar refractivity (Wildman–Crippen MR) is 41.8 cm³/mol. The third-order valence-corrected chi connectivity index (χ3v) is 1.73. The van der Waals surface area contributed by atoms with Crippen LogP contribution in [0.4, 0.5) is 8.78 Å². The average Bonchev–Trinajstić information content (AvgIpc) is 2.46. The van der Waals surface area contributed by atoms with Crippen molar-refractivity contribution in [3.05, 3.63) is 12.2 Å². The van der Waals surface area contributed by atoms with Gasteiger partial charge in [0.15, 0.2) is 0 Å². The molecule has 1 aromatic rings. The molecule has 0 radical (unpaired) electrons. The second-order valence-corrected chi connectivity index (χ2v) is 2.61. The molecule has 0 aromatic carbocycles. The molecule has 0 aliphatic heterocycles. The molecule has 0 bridgehead atoms. The van der Waals surface area contributed by atoms with E-state index in [1.165, 1.54) is 11.0 Å². The first-order chi connectivity index (χ1) is 6.15. The lowest BCUT2D eigenvalue weighted by atomic mass is 10.2. The fourth-order valence-electron chi connectivity index (χ4n) is 0.922. The number of halogens is 2. The van der Waals surface area contributed by atoms with Gasteiger partial charge in [0.05, 0.1) is 6.04 Å². The Balaban J connectivity index is 2.62. The van der Waals surface area contributed by atoms with E-state index in [1.54, 1.807) is 7.05 Å². The number of nitrogens with zero attached hydrogens (tertiary/aromatic N) is 3. The van der Waals surface area contributed by atoms with Crippen molar-refractivity contribution in [1.29, 1.82) is 0 Å². The summed E-state index contributed by atoms with van der Waals surface area (Å²) in [6.07, 6.45) is -1.14. The molecule has 0 spiro atoms. The summed E-state index contributed by atoms with van der Waals surface area (Å²) >= 11 is 0. The predicted octanol–water partition coefficient (Wildman–Crippen LogP) is -0.545. The molecule has 1 rings (SSSR count). The monoisotopic (exact) mass is 191 g/mol. The zero-order chi connectivity index (χ0) is 9.84. The molecule has 0 saturated carbocycles. The summed E-state index contributed by atoms with van der Waals surface area (Å²) in [7, 11) is 1.64. The quantitative estimate of drug-likeness (QED) is 0.495. The lowest BCUT2D eigenvalue weighted by Gasteiger charge is -2.13. The van der Waals surface area contributed by atoms with Crippen LogP contribution in [0.1, 0.15) is 5.82 Å². The van der Waals surface area contributed by atoms with Gasteiger partial charge in [-0.25, -0.2) is 13.8 Å². The van der Waals surface area contributed by atoms with E-state index in [9.17, 15) is 8.78 Å². The van der Waals surface area contributed by atoms with Gasteiger partial charge in [-0.3, -0.25) is 16.0 Å². The number of rotatable bonds is 4. The third-order valence-electron chi connectivity index (χ3n) is 1.73. The van der Waals surface area contributed by atoms with Crippen LogP contribution in [0, 0.1) is 0 Å². The highest BCUT2D eigenvalue weighted by Gasteiger charge is 2.20. The number of hydrazine groups is 1. The summed E-state index contributed by atoms with van der Waals surface area (Å²) in [5, 5.41) is 3.76. The number of aryl methyl sites for hydroxylation is 1. The van der Waals surface area contributed by atoms with E-state index in [0.717, 1.165) is 0 Å². The molecule has 13 heavy (non-hydrogen) atoms. The zero-order valence-electron chi connectivity index (χ0n) is 7.11. The molecule has 7 heteroatoms. The van der Waals surface area contributed by atoms with Crippen LogP contribution in [0.15, 0.2) is 6.33 Å². The van der Waals surface area contributed by atoms with Crippen molar-refractivity contribution in [2.24, 2.45) is 12.9 Å². The van der Waals surface area contributed by atoms with Crippen LogP contribution >= 0.6 is 0 Å². The summed E-state index contributed by atoms with van der Waals surface area (Å²) in [5.41, 5.74) is 2.04. The smallest absolute Gasteiger partial charge is 0.255 e. The fraction of sp³-hybridized carbons (Fsp3) is 0.667. The van der Waals surface area contributed by atoms with Crippen molar-refractivity contribution < 1.29 is 8.78 Å². The summed E-state index contributed by atoms with van der Waals surface area (Å²) in [6.45, 7) is 0. The molecule has 0 aliphatic rings. The average molecular weight is 191 g/mol. The van der Waals surface area contributed by atoms with E-state index >= 15 is 0 Å². The molecule has 0 saturated heterocycles. The highest BCUT2D eigenvalue weighted by atomic mass is 19.3. The molecular formula is C6H11F2N5. The van der Waals surface area contributed by atoms with Gasteiger partial charge in [0.25, 0.3) is 6.43 Å². The van der Waals surface area contributed by atoms with Gasteiger partial charge in [-0.1, -0.05) is 0 Å². The second-order valence-electron chi connectivity index (χ2n) is 2.61. The Morgan fingerprint density at radius 2 is 2.38 bits per heavy atom. The number of alkyl halides is 2. The van der Waals surface area contributed by atoms with Gasteiger partial charge in [0.1, 0.15) is 12.2 Å². The van der Waals surface area contributed by atoms with E-state index in [4.69, 9.17) is 5.84 Å². The molecule has 0 fully saturated rings. The SMILES string of the molecule is Cn1ncnc1CC(NN)C(F)F. The summed E-state index contributed by atoms with van der Waals surface area (Å²) in [5.74, 6) is 5.43. The van der Waals surface area contributed by atoms with Gasteiger partial charge in [-0.15, -0.1) is 0 Å². The van der Waals surface area contributed by atoms with Crippen LogP contribution in [0.5, 0.6) is 0 Å². The maximum Gasteiger partial charge on any atom is 0.255 e. The molecule has 3 N–H and O–H groups in total. The van der Waals surface area contributed by atoms with E-state index in [2.05, 4.69) is 10.1 Å². The largest absolute Gasteiger partial charge is 0.271 e. The number of hydrogen-bond acceptors (Lipinski definition) is 4. The Morgan fingerprint density at radius 3 is 2.77 bits per heavy atom. The molecule has 1 atom stereocenters. The maximum atomic E-state index is 12.2. The highest BCUT2D eigenvalue weighted by Crippen LogP contribution is 2.05. The van der Waals surface area contributed by atoms with Crippen LogP contribution in [0.25, 0.3) is 0 Å². The minimum atomic E-state index is -2.51. The standard InChI is InChI=1S/C6H11F2N5/c1-13-5(10-3-11-13)2-4(12-9)6(7)8/h3-4,6,12H,2,9H2,1H3. The van der Waals surface area contributed by atoms with Gasteiger partial charge in [-0.2, -0.15) is 5.10 Å². The number of nitrogens with two attached hydrogens (primary N) is 1. The van der Waals surface area contributed by atoms with E-state index in [-0.39, 0.29) is 6.42 Å². The normalized spacial score (nSPS) is 13.6. The highest BCUT2D eigenvalue weighted by molar-refractivity contribution is 4.89. The van der Waals surface area contributed by atoms with E-state index < -0.39 is 12.5 Å². The van der Waals surface area contributed by atoms with Crippen LogP contribution in [0.3, 0.4) is 0 Å². The number of nitrogens with one attached hydrogen (secondary N) is 1. The van der Waals surface area contributed by atoms with Crippen LogP contribution < -0.4 is 11.3 Å². The first kappa shape index (κ1) is 10.0. The number of hydrogen-bond donors (Lipinski definition) is 2. The van der Waals surface area contributed by atoms with Crippen molar-refractivity contribution in [2.45, 2.75) is 18.9 Å². The fourth-order valence-corrected chi connectivity index (χ4v) is 0.922. The first-order valence-electron chi connectivity index (χ1n) is 3.72. The van der Waals surface area contributed by atoms with Crippen molar-refractivity contribution in [1.82, 2.24) is 20.2 Å². The number of aromatic nitrogens is 3. The molecule has 0 amide bonds. The summed E-state index contributed by atoms with van der Waals surface area (Å²) < 4.78 is 25.9. The molecular weight excluding hydrogens is 180 g/mol. The molecule has 0 aliphatic carbocycles. The van der Waals surface area contributed by atoms with Gasteiger partial charge in [-0.05, 0) is 0 Å². The Kier molecular flexibility index (Phi) is 3.26. The van der Waals surface area contributed by atoms with Crippen LogP contribution in [-0.2, 0) is 13.5 Å². The summed E-state index contributed by atoms with van der Waals surface area (Å²) in [6, 6.07) is -1.08.